The van der Waals surface area contributed by atoms with Gasteiger partial charge in [0, 0.05) is 19.1 Å². The Morgan fingerprint density at radius 2 is 1.74 bits per heavy atom. The highest BCUT2D eigenvalue weighted by atomic mass is 19.4. The van der Waals surface area contributed by atoms with E-state index in [1.807, 2.05) is 4.90 Å². The van der Waals surface area contributed by atoms with Crippen LogP contribution < -0.4 is 4.74 Å². The maximum absolute atomic E-state index is 13.2. The molecule has 2 aromatic rings. The highest BCUT2D eigenvalue weighted by Gasteiger charge is 2.35. The second kappa shape index (κ2) is 8.27. The summed E-state index contributed by atoms with van der Waals surface area (Å²) in [6.45, 7) is 0.307. The van der Waals surface area contributed by atoms with Gasteiger partial charge in [0.2, 0.25) is 0 Å². The molecule has 1 aliphatic rings. The number of ether oxygens (including phenoxy) is 1. The van der Waals surface area contributed by atoms with E-state index in [1.165, 1.54) is 36.4 Å². The molecule has 2 aromatic carbocycles. The second-order valence-corrected chi connectivity index (χ2v) is 6.73. The van der Waals surface area contributed by atoms with Crippen LogP contribution in [0.25, 0.3) is 0 Å². The van der Waals surface area contributed by atoms with Gasteiger partial charge < -0.3 is 9.84 Å². The van der Waals surface area contributed by atoms with Gasteiger partial charge in [0.05, 0.1) is 5.56 Å². The van der Waals surface area contributed by atoms with Gasteiger partial charge in [-0.1, -0.05) is 18.2 Å². The van der Waals surface area contributed by atoms with Gasteiger partial charge in [0.25, 0.3) is 0 Å². The monoisotopic (exact) mass is 383 g/mol. The maximum Gasteiger partial charge on any atom is 0.416 e. The van der Waals surface area contributed by atoms with E-state index in [9.17, 15) is 22.7 Å². The predicted molar refractivity (Wildman–Crippen MR) is 92.8 cm³/mol. The highest BCUT2D eigenvalue weighted by Crippen LogP contribution is 2.34. The summed E-state index contributed by atoms with van der Waals surface area (Å²) in [5, 5.41) is 10.3. The molecular weight excluding hydrogens is 362 g/mol. The molecule has 1 atom stereocenters. The molecule has 0 aromatic heterocycles. The van der Waals surface area contributed by atoms with Crippen molar-refractivity contribution in [1.82, 2.24) is 4.90 Å². The topological polar surface area (TPSA) is 32.7 Å². The molecule has 0 radical (unpaired) electrons. The van der Waals surface area contributed by atoms with Crippen molar-refractivity contribution in [1.29, 1.82) is 0 Å². The van der Waals surface area contributed by atoms with E-state index in [0.717, 1.165) is 18.9 Å². The first-order valence-corrected chi connectivity index (χ1v) is 8.78. The molecule has 0 aliphatic heterocycles. The van der Waals surface area contributed by atoms with E-state index in [0.29, 0.717) is 5.75 Å². The van der Waals surface area contributed by atoms with Crippen molar-refractivity contribution in [3.05, 3.63) is 65.5 Å². The van der Waals surface area contributed by atoms with Crippen LogP contribution in [0, 0.1) is 5.82 Å². The number of alkyl halides is 3. The van der Waals surface area contributed by atoms with Crippen LogP contribution in [0.4, 0.5) is 17.6 Å². The molecule has 7 heteroatoms. The Hall–Kier alpha value is -2.12. The summed E-state index contributed by atoms with van der Waals surface area (Å²) >= 11 is 0. The molecule has 3 nitrogen and oxygen atoms in total. The standard InChI is InChI=1S/C20H21F4NO2/c21-15-5-9-18(10-6-15)27-13-17(26)12-25(16-7-8-16)11-14-3-1-2-4-19(14)20(22,23)24/h1-6,9-10,16-17,26H,7-8,11-13H2/t17-/m0/s1. The first-order chi connectivity index (χ1) is 12.8. The van der Waals surface area contributed by atoms with Gasteiger partial charge in [-0.3, -0.25) is 4.90 Å². The minimum atomic E-state index is -4.41. The third-order valence-electron chi connectivity index (χ3n) is 4.46. The van der Waals surface area contributed by atoms with E-state index in [1.54, 1.807) is 6.07 Å². The summed E-state index contributed by atoms with van der Waals surface area (Å²) < 4.78 is 57.9. The lowest BCUT2D eigenvalue weighted by Crippen LogP contribution is -2.37. The number of hydrogen-bond donors (Lipinski definition) is 1. The normalized spacial score (nSPS) is 15.8. The van der Waals surface area contributed by atoms with Crippen LogP contribution in [0.2, 0.25) is 0 Å². The van der Waals surface area contributed by atoms with Crippen LogP contribution in [0.3, 0.4) is 0 Å². The third kappa shape index (κ3) is 5.68. The van der Waals surface area contributed by atoms with Crippen LogP contribution in [0.5, 0.6) is 5.75 Å². The number of aliphatic hydroxyl groups is 1. The van der Waals surface area contributed by atoms with Crippen LogP contribution in [0.1, 0.15) is 24.0 Å². The Morgan fingerprint density at radius 3 is 2.37 bits per heavy atom. The fourth-order valence-corrected chi connectivity index (χ4v) is 2.98. The summed E-state index contributed by atoms with van der Waals surface area (Å²) in [6.07, 6.45) is -3.47. The molecule has 0 bridgehead atoms. The Labute approximate surface area is 155 Å². The predicted octanol–water partition coefficient (Wildman–Crippen LogP) is 4.25. The number of halogens is 4. The molecule has 27 heavy (non-hydrogen) atoms. The molecule has 1 aliphatic carbocycles. The van der Waals surface area contributed by atoms with E-state index >= 15 is 0 Å². The van der Waals surface area contributed by atoms with Crippen LogP contribution in [-0.2, 0) is 12.7 Å². The van der Waals surface area contributed by atoms with Gasteiger partial charge in [-0.2, -0.15) is 13.2 Å². The molecule has 0 heterocycles. The lowest BCUT2D eigenvalue weighted by molar-refractivity contribution is -0.138. The molecule has 0 spiro atoms. The SMILES string of the molecule is O[C@H](COc1ccc(F)cc1)CN(Cc1ccccc1C(F)(F)F)C1CC1. The average Bonchev–Trinajstić information content (AvgIpc) is 3.45. The first kappa shape index (κ1) is 19.6. The van der Waals surface area contributed by atoms with Gasteiger partial charge in [-0.15, -0.1) is 0 Å². The molecule has 1 N–H and O–H groups in total. The molecule has 0 amide bonds. The number of hydrogen-bond acceptors (Lipinski definition) is 3. The van der Waals surface area contributed by atoms with Crippen molar-refractivity contribution >= 4 is 0 Å². The first-order valence-electron chi connectivity index (χ1n) is 8.78. The molecule has 3 rings (SSSR count). The fourth-order valence-electron chi connectivity index (χ4n) is 2.98. The molecule has 0 unspecified atom stereocenters. The Balaban J connectivity index is 1.60. The molecular formula is C20H21F4NO2. The van der Waals surface area contributed by atoms with Crippen LogP contribution in [-0.4, -0.2) is 35.3 Å². The van der Waals surface area contributed by atoms with Gasteiger partial charge in [0.15, 0.2) is 0 Å². The molecule has 0 saturated heterocycles. The van der Waals surface area contributed by atoms with E-state index in [2.05, 4.69) is 0 Å². The lowest BCUT2D eigenvalue weighted by Gasteiger charge is -2.26. The highest BCUT2D eigenvalue weighted by molar-refractivity contribution is 5.29. The second-order valence-electron chi connectivity index (χ2n) is 6.73. The van der Waals surface area contributed by atoms with Crippen molar-refractivity contribution in [3.8, 4) is 5.75 Å². The zero-order chi connectivity index (χ0) is 19.4. The van der Waals surface area contributed by atoms with Crippen molar-refractivity contribution < 1.29 is 27.4 Å². The van der Waals surface area contributed by atoms with Crippen molar-refractivity contribution in [2.45, 2.75) is 37.7 Å². The summed E-state index contributed by atoms with van der Waals surface area (Å²) in [5.74, 6) is 0.0435. The summed E-state index contributed by atoms with van der Waals surface area (Å²) in [7, 11) is 0. The van der Waals surface area contributed by atoms with Crippen LogP contribution >= 0.6 is 0 Å². The van der Waals surface area contributed by atoms with Gasteiger partial charge >= 0.3 is 6.18 Å². The minimum absolute atomic E-state index is 0.0181. The number of aliphatic hydroxyl groups excluding tert-OH is 1. The number of rotatable bonds is 8. The maximum atomic E-state index is 13.2. The Kier molecular flexibility index (Phi) is 6.01. The quantitative estimate of drug-likeness (QED) is 0.692. The minimum Gasteiger partial charge on any atom is -0.491 e. The van der Waals surface area contributed by atoms with Crippen molar-refractivity contribution in [2.75, 3.05) is 13.2 Å². The third-order valence-corrected chi connectivity index (χ3v) is 4.46. The lowest BCUT2D eigenvalue weighted by atomic mass is 10.1. The van der Waals surface area contributed by atoms with Crippen LogP contribution in [0.15, 0.2) is 48.5 Å². The average molecular weight is 383 g/mol. The van der Waals surface area contributed by atoms with E-state index in [-0.39, 0.29) is 37.1 Å². The number of nitrogens with zero attached hydrogens (tertiary/aromatic N) is 1. The molecule has 1 fully saturated rings. The van der Waals surface area contributed by atoms with Gasteiger partial charge in [0.1, 0.15) is 24.3 Å². The zero-order valence-corrected chi connectivity index (χ0v) is 14.6. The van der Waals surface area contributed by atoms with E-state index in [4.69, 9.17) is 4.74 Å². The summed E-state index contributed by atoms with van der Waals surface area (Å²) in [6, 6.07) is 11.1. The number of benzene rings is 2. The fraction of sp³-hybridized carbons (Fsp3) is 0.400. The smallest absolute Gasteiger partial charge is 0.416 e. The van der Waals surface area contributed by atoms with Gasteiger partial charge in [-0.05, 0) is 48.7 Å². The molecule has 146 valence electrons. The van der Waals surface area contributed by atoms with Crippen molar-refractivity contribution in [3.63, 3.8) is 0 Å². The van der Waals surface area contributed by atoms with Gasteiger partial charge in [-0.25, -0.2) is 4.39 Å². The Morgan fingerprint density at radius 1 is 1.07 bits per heavy atom. The van der Waals surface area contributed by atoms with Crippen molar-refractivity contribution in [2.24, 2.45) is 0 Å². The zero-order valence-electron chi connectivity index (χ0n) is 14.6. The largest absolute Gasteiger partial charge is 0.491 e. The summed E-state index contributed by atoms with van der Waals surface area (Å²) in [4.78, 5) is 1.86. The summed E-state index contributed by atoms with van der Waals surface area (Å²) in [5.41, 5.74) is -0.448. The molecule has 1 saturated carbocycles. The van der Waals surface area contributed by atoms with E-state index < -0.39 is 17.8 Å². The Bertz CT molecular complexity index is 744.